The van der Waals surface area contributed by atoms with Crippen molar-refractivity contribution in [2.24, 2.45) is 7.05 Å². The van der Waals surface area contributed by atoms with Gasteiger partial charge in [-0.3, -0.25) is 19.5 Å². The molecule has 0 aliphatic carbocycles. The second-order valence-corrected chi connectivity index (χ2v) is 9.66. The van der Waals surface area contributed by atoms with E-state index in [4.69, 9.17) is 0 Å². The molecule has 9 nitrogen and oxygen atoms in total. The molecule has 1 aliphatic rings. The number of hydrogen-bond donors (Lipinski definition) is 2. The summed E-state index contributed by atoms with van der Waals surface area (Å²) in [5.74, 6) is -0.201. The predicted molar refractivity (Wildman–Crippen MR) is 146 cm³/mol. The molecule has 0 radical (unpaired) electrons. The maximum atomic E-state index is 13.4. The summed E-state index contributed by atoms with van der Waals surface area (Å²) in [6.07, 6.45) is -0.806. The highest BCUT2D eigenvalue weighted by Crippen LogP contribution is 2.30. The van der Waals surface area contributed by atoms with Crippen LogP contribution >= 0.6 is 0 Å². The van der Waals surface area contributed by atoms with Gasteiger partial charge in [-0.05, 0) is 69.1 Å². The zero-order chi connectivity index (χ0) is 28.6. The largest absolute Gasteiger partial charge is 0.416 e. The second-order valence-electron chi connectivity index (χ2n) is 9.66. The Morgan fingerprint density at radius 3 is 2.70 bits per heavy atom. The van der Waals surface area contributed by atoms with Gasteiger partial charge >= 0.3 is 6.18 Å². The topological polar surface area (TPSA) is 105 Å². The van der Waals surface area contributed by atoms with Gasteiger partial charge in [0.25, 0.3) is 11.5 Å². The van der Waals surface area contributed by atoms with E-state index in [1.165, 1.54) is 16.7 Å². The first-order chi connectivity index (χ1) is 19.1. The van der Waals surface area contributed by atoms with Crippen LogP contribution in [0.15, 0.2) is 53.5 Å². The summed E-state index contributed by atoms with van der Waals surface area (Å²) >= 11 is 0. The predicted octanol–water partition coefficient (Wildman–Crippen LogP) is 4.51. The number of benzene rings is 2. The first-order valence-corrected chi connectivity index (χ1v) is 12.9. The van der Waals surface area contributed by atoms with Gasteiger partial charge in [-0.1, -0.05) is 12.1 Å². The molecule has 2 N–H and O–H groups in total. The smallest absolute Gasteiger partial charge is 0.326 e. The number of aromatic nitrogens is 4. The third-order valence-corrected chi connectivity index (χ3v) is 7.01. The monoisotopic (exact) mass is 551 g/mol. The van der Waals surface area contributed by atoms with Crippen molar-refractivity contribution in [2.45, 2.75) is 39.0 Å². The van der Waals surface area contributed by atoms with Crippen molar-refractivity contribution in [3.05, 3.63) is 75.7 Å². The van der Waals surface area contributed by atoms with E-state index in [2.05, 4.69) is 30.5 Å². The van der Waals surface area contributed by atoms with Crippen LogP contribution < -0.4 is 21.1 Å². The number of amides is 1. The maximum absolute atomic E-state index is 13.4. The SMILES string of the molecule is CCN(c1ncc2nc(-c3cc(NC(=O)c4cccc(C(F)(F)F)c4)ccc3C)c(=O)n(C)c2n1)C1CCCN1. The second kappa shape index (κ2) is 10.7. The molecule has 1 atom stereocenters. The van der Waals surface area contributed by atoms with Crippen molar-refractivity contribution in [1.82, 2.24) is 24.8 Å². The Morgan fingerprint density at radius 1 is 1.20 bits per heavy atom. The standard InChI is InChI=1S/C28H28F3N7O2/c1-4-38(22-9-6-12-32-22)27-33-15-21-24(36-27)37(3)26(40)23(35-21)20-14-19(11-10-16(20)2)34-25(39)17-7-5-8-18(13-17)28(29,30)31/h5,7-8,10-11,13-15,22,32H,4,6,9,12H2,1-3H3,(H,34,39). The summed E-state index contributed by atoms with van der Waals surface area (Å²) in [5.41, 5.74) is 1.02. The number of fused-ring (bicyclic) bond motifs is 1. The van der Waals surface area contributed by atoms with Crippen LogP contribution in [0.2, 0.25) is 0 Å². The van der Waals surface area contributed by atoms with Crippen LogP contribution in [0.25, 0.3) is 22.4 Å². The van der Waals surface area contributed by atoms with Crippen LogP contribution in [0, 0.1) is 6.92 Å². The van der Waals surface area contributed by atoms with E-state index in [1.54, 1.807) is 38.4 Å². The Labute approximate surface area is 228 Å². The minimum Gasteiger partial charge on any atom is -0.326 e. The summed E-state index contributed by atoms with van der Waals surface area (Å²) in [4.78, 5) is 42.0. The number of carbonyl (C=O) groups excluding carboxylic acids is 1. The van der Waals surface area contributed by atoms with Gasteiger partial charge in [0.15, 0.2) is 5.65 Å². The maximum Gasteiger partial charge on any atom is 0.416 e. The zero-order valence-corrected chi connectivity index (χ0v) is 22.2. The van der Waals surface area contributed by atoms with Crippen molar-refractivity contribution < 1.29 is 18.0 Å². The van der Waals surface area contributed by atoms with Gasteiger partial charge in [0.05, 0.1) is 17.9 Å². The number of anilines is 2. The van der Waals surface area contributed by atoms with E-state index in [0.717, 1.165) is 37.1 Å². The molecule has 208 valence electrons. The molecule has 1 unspecified atom stereocenters. The van der Waals surface area contributed by atoms with Gasteiger partial charge in [0.2, 0.25) is 5.95 Å². The summed E-state index contributed by atoms with van der Waals surface area (Å²) in [7, 11) is 1.62. The van der Waals surface area contributed by atoms with Crippen LogP contribution in [0.5, 0.6) is 0 Å². The summed E-state index contributed by atoms with van der Waals surface area (Å²) in [6, 6.07) is 9.07. The summed E-state index contributed by atoms with van der Waals surface area (Å²) in [6.45, 7) is 5.44. The molecule has 1 fully saturated rings. The third-order valence-electron chi connectivity index (χ3n) is 7.01. The van der Waals surface area contributed by atoms with Crippen molar-refractivity contribution in [2.75, 3.05) is 23.3 Å². The Kier molecular flexibility index (Phi) is 7.28. The number of aryl methyl sites for hydroxylation is 2. The van der Waals surface area contributed by atoms with E-state index in [9.17, 15) is 22.8 Å². The quantitative estimate of drug-likeness (QED) is 0.364. The molecule has 1 amide bonds. The highest BCUT2D eigenvalue weighted by Gasteiger charge is 2.31. The molecule has 1 saturated heterocycles. The number of hydrogen-bond acceptors (Lipinski definition) is 7. The van der Waals surface area contributed by atoms with Crippen LogP contribution in [0.4, 0.5) is 24.8 Å². The third kappa shape index (κ3) is 5.26. The van der Waals surface area contributed by atoms with Crippen LogP contribution in [-0.4, -0.2) is 44.7 Å². The number of halogens is 3. The average Bonchev–Trinajstić information content (AvgIpc) is 3.47. The number of carbonyl (C=O) groups is 1. The van der Waals surface area contributed by atoms with Crippen LogP contribution in [0.3, 0.4) is 0 Å². The lowest BCUT2D eigenvalue weighted by atomic mass is 10.0. The normalized spacial score (nSPS) is 15.4. The first kappa shape index (κ1) is 27.3. The van der Waals surface area contributed by atoms with Gasteiger partial charge in [0, 0.05) is 30.4 Å². The molecule has 0 bridgehead atoms. The average molecular weight is 552 g/mol. The van der Waals surface area contributed by atoms with Crippen molar-refractivity contribution in [1.29, 1.82) is 0 Å². The fourth-order valence-electron chi connectivity index (χ4n) is 4.85. The Balaban J connectivity index is 1.48. The van der Waals surface area contributed by atoms with Gasteiger partial charge in [-0.15, -0.1) is 0 Å². The van der Waals surface area contributed by atoms with E-state index >= 15 is 0 Å². The summed E-state index contributed by atoms with van der Waals surface area (Å²) in [5, 5.41) is 6.06. The summed E-state index contributed by atoms with van der Waals surface area (Å²) < 4.78 is 40.7. The van der Waals surface area contributed by atoms with E-state index in [-0.39, 0.29) is 23.0 Å². The minimum absolute atomic E-state index is 0.128. The van der Waals surface area contributed by atoms with Crippen molar-refractivity contribution in [3.63, 3.8) is 0 Å². The molecule has 40 heavy (non-hydrogen) atoms. The number of alkyl halides is 3. The number of nitrogens with zero attached hydrogens (tertiary/aromatic N) is 5. The highest BCUT2D eigenvalue weighted by atomic mass is 19.4. The molecule has 12 heteroatoms. The number of nitrogens with one attached hydrogen (secondary N) is 2. The van der Waals surface area contributed by atoms with E-state index in [1.807, 2.05) is 6.92 Å². The molecule has 0 spiro atoms. The van der Waals surface area contributed by atoms with Crippen LogP contribution in [-0.2, 0) is 13.2 Å². The number of rotatable bonds is 6. The highest BCUT2D eigenvalue weighted by molar-refractivity contribution is 6.04. The Hall–Kier alpha value is -4.32. The Bertz CT molecular complexity index is 1650. The minimum atomic E-state index is -4.57. The lowest BCUT2D eigenvalue weighted by molar-refractivity contribution is -0.137. The molecule has 5 rings (SSSR count). The molecule has 2 aromatic heterocycles. The fourth-order valence-corrected chi connectivity index (χ4v) is 4.85. The molecule has 4 aromatic rings. The van der Waals surface area contributed by atoms with Gasteiger partial charge < -0.3 is 10.2 Å². The van der Waals surface area contributed by atoms with Gasteiger partial charge in [-0.2, -0.15) is 18.2 Å². The van der Waals surface area contributed by atoms with Crippen molar-refractivity contribution >= 4 is 28.7 Å². The van der Waals surface area contributed by atoms with Gasteiger partial charge in [0.1, 0.15) is 11.2 Å². The first-order valence-electron chi connectivity index (χ1n) is 12.9. The van der Waals surface area contributed by atoms with E-state index < -0.39 is 17.6 Å². The molecular formula is C28H28F3N7O2. The van der Waals surface area contributed by atoms with Crippen LogP contribution in [0.1, 0.15) is 41.3 Å². The lowest BCUT2D eigenvalue weighted by Gasteiger charge is -2.27. The van der Waals surface area contributed by atoms with Crippen molar-refractivity contribution in [3.8, 4) is 11.3 Å². The zero-order valence-electron chi connectivity index (χ0n) is 22.2. The molecular weight excluding hydrogens is 523 g/mol. The fraction of sp³-hybridized carbons (Fsp3) is 0.321. The molecule has 3 heterocycles. The Morgan fingerprint density at radius 2 is 2.00 bits per heavy atom. The van der Waals surface area contributed by atoms with Gasteiger partial charge in [-0.25, -0.2) is 9.97 Å². The van der Waals surface area contributed by atoms with E-state index in [0.29, 0.717) is 34.9 Å². The molecule has 1 aliphatic heterocycles. The molecule has 2 aromatic carbocycles. The molecule has 0 saturated carbocycles. The lowest BCUT2D eigenvalue weighted by Crippen LogP contribution is -2.43.